The van der Waals surface area contributed by atoms with E-state index in [4.69, 9.17) is 0 Å². The molecule has 0 aromatic heterocycles. The molecular weight excluding hydrogens is 345 g/mol. The first kappa shape index (κ1) is 20.3. The third-order valence-electron chi connectivity index (χ3n) is 4.69. The number of nitrogens with zero attached hydrogens (tertiary/aromatic N) is 1. The van der Waals surface area contributed by atoms with Crippen LogP contribution in [0.4, 0.5) is 13.2 Å². The molecule has 0 spiro atoms. The van der Waals surface area contributed by atoms with Crippen LogP contribution in [0.5, 0.6) is 0 Å². The van der Waals surface area contributed by atoms with Crippen LogP contribution in [0.3, 0.4) is 0 Å². The van der Waals surface area contributed by atoms with Crippen molar-refractivity contribution < 1.29 is 22.8 Å². The maximum atomic E-state index is 12.6. The molecule has 0 aliphatic carbocycles. The molecule has 0 radical (unpaired) electrons. The van der Waals surface area contributed by atoms with E-state index in [0.717, 1.165) is 31.4 Å². The van der Waals surface area contributed by atoms with Crippen molar-refractivity contribution in [2.45, 2.75) is 45.2 Å². The zero-order chi connectivity index (χ0) is 19.2. The van der Waals surface area contributed by atoms with Crippen molar-refractivity contribution in [2.24, 2.45) is 5.92 Å². The number of hydrogen-bond acceptors (Lipinski definition) is 2. The Morgan fingerprint density at radius 3 is 2.27 bits per heavy atom. The lowest BCUT2D eigenvalue weighted by atomic mass is 9.95. The van der Waals surface area contributed by atoms with Gasteiger partial charge in [0.2, 0.25) is 5.91 Å². The number of hydrogen-bond donors (Lipinski definition) is 1. The van der Waals surface area contributed by atoms with E-state index in [1.807, 2.05) is 0 Å². The van der Waals surface area contributed by atoms with Gasteiger partial charge in [0.1, 0.15) is 0 Å². The Kier molecular flexibility index (Phi) is 7.06. The highest BCUT2D eigenvalue weighted by atomic mass is 19.4. The average molecular weight is 370 g/mol. The first-order valence-corrected chi connectivity index (χ1v) is 9.07. The average Bonchev–Trinajstić information content (AvgIpc) is 2.64. The largest absolute Gasteiger partial charge is 0.416 e. The van der Waals surface area contributed by atoms with Gasteiger partial charge in [-0.3, -0.25) is 9.59 Å². The number of unbranched alkanes of at least 4 members (excludes halogenated alkanes) is 2. The van der Waals surface area contributed by atoms with E-state index < -0.39 is 11.7 Å². The number of likely N-dealkylation sites (tertiary alicyclic amines) is 1. The molecule has 1 N–H and O–H groups in total. The Balaban J connectivity index is 1.83. The summed E-state index contributed by atoms with van der Waals surface area (Å²) in [5, 5.41) is 2.93. The second-order valence-electron chi connectivity index (χ2n) is 6.64. The second kappa shape index (κ2) is 9.05. The highest BCUT2D eigenvalue weighted by Gasteiger charge is 2.31. The number of nitrogens with one attached hydrogen (secondary N) is 1. The van der Waals surface area contributed by atoms with E-state index in [0.29, 0.717) is 32.5 Å². The number of carbonyl (C=O) groups is 2. The van der Waals surface area contributed by atoms with Crippen molar-refractivity contribution >= 4 is 11.8 Å². The lowest BCUT2D eigenvalue weighted by molar-refractivity contribution is -0.137. The van der Waals surface area contributed by atoms with Crippen molar-refractivity contribution in [3.05, 3.63) is 35.4 Å². The minimum Gasteiger partial charge on any atom is -0.356 e. The molecule has 4 nitrogen and oxygen atoms in total. The molecule has 144 valence electrons. The van der Waals surface area contributed by atoms with E-state index in [-0.39, 0.29) is 23.3 Å². The SMILES string of the molecule is CCCCCNC(=O)C1CCN(C(=O)c2ccc(C(F)(F)F)cc2)CC1. The van der Waals surface area contributed by atoms with Crippen molar-refractivity contribution in [2.75, 3.05) is 19.6 Å². The van der Waals surface area contributed by atoms with Crippen LogP contribution in [0.2, 0.25) is 0 Å². The van der Waals surface area contributed by atoms with Crippen molar-refractivity contribution in [1.29, 1.82) is 0 Å². The Morgan fingerprint density at radius 2 is 1.73 bits per heavy atom. The molecule has 2 amide bonds. The van der Waals surface area contributed by atoms with Crippen LogP contribution in [-0.4, -0.2) is 36.3 Å². The molecule has 7 heteroatoms. The Labute approximate surface area is 151 Å². The van der Waals surface area contributed by atoms with E-state index in [1.165, 1.54) is 12.1 Å². The predicted octanol–water partition coefficient (Wildman–Crippen LogP) is 3.86. The quantitative estimate of drug-likeness (QED) is 0.773. The molecule has 2 rings (SSSR count). The predicted molar refractivity (Wildman–Crippen MR) is 92.6 cm³/mol. The maximum Gasteiger partial charge on any atom is 0.416 e. The van der Waals surface area contributed by atoms with Crippen LogP contribution in [0.15, 0.2) is 24.3 Å². The van der Waals surface area contributed by atoms with Crippen molar-refractivity contribution in [1.82, 2.24) is 10.2 Å². The molecule has 1 aliphatic rings. The summed E-state index contributed by atoms with van der Waals surface area (Å²) in [6, 6.07) is 4.25. The van der Waals surface area contributed by atoms with Crippen LogP contribution >= 0.6 is 0 Å². The minimum absolute atomic E-state index is 0.0303. The molecule has 1 aromatic carbocycles. The van der Waals surface area contributed by atoms with Crippen LogP contribution in [-0.2, 0) is 11.0 Å². The monoisotopic (exact) mass is 370 g/mol. The van der Waals surface area contributed by atoms with Crippen molar-refractivity contribution in [3.63, 3.8) is 0 Å². The smallest absolute Gasteiger partial charge is 0.356 e. The van der Waals surface area contributed by atoms with Gasteiger partial charge in [-0.1, -0.05) is 19.8 Å². The van der Waals surface area contributed by atoms with E-state index in [1.54, 1.807) is 4.90 Å². The maximum absolute atomic E-state index is 12.6. The lowest BCUT2D eigenvalue weighted by Gasteiger charge is -2.31. The molecule has 0 saturated carbocycles. The summed E-state index contributed by atoms with van der Waals surface area (Å²) in [7, 11) is 0. The van der Waals surface area contributed by atoms with Crippen LogP contribution in [0.1, 0.15) is 54.9 Å². The van der Waals surface area contributed by atoms with Gasteiger partial charge < -0.3 is 10.2 Å². The summed E-state index contributed by atoms with van der Waals surface area (Å²) < 4.78 is 37.8. The molecule has 1 heterocycles. The zero-order valence-corrected chi connectivity index (χ0v) is 14.9. The highest BCUT2D eigenvalue weighted by molar-refractivity contribution is 5.94. The number of piperidine rings is 1. The van der Waals surface area contributed by atoms with Gasteiger partial charge in [-0.05, 0) is 43.5 Å². The molecule has 1 aromatic rings. The van der Waals surface area contributed by atoms with Crippen LogP contribution in [0.25, 0.3) is 0 Å². The van der Waals surface area contributed by atoms with Crippen molar-refractivity contribution in [3.8, 4) is 0 Å². The molecule has 0 unspecified atom stereocenters. The lowest BCUT2D eigenvalue weighted by Crippen LogP contribution is -2.43. The van der Waals surface area contributed by atoms with Gasteiger partial charge in [-0.25, -0.2) is 0 Å². The standard InChI is InChI=1S/C19H25F3N2O2/c1-2-3-4-11-23-17(25)14-9-12-24(13-10-14)18(26)15-5-7-16(8-6-15)19(20,21)22/h5-8,14H,2-4,9-13H2,1H3,(H,23,25). The van der Waals surface area contributed by atoms with E-state index >= 15 is 0 Å². The summed E-state index contributed by atoms with van der Waals surface area (Å²) in [5.74, 6) is -0.364. The van der Waals surface area contributed by atoms with Crippen LogP contribution in [0, 0.1) is 5.92 Å². The Bertz CT molecular complexity index is 606. The number of benzene rings is 1. The summed E-state index contributed by atoms with van der Waals surface area (Å²) in [6.45, 7) is 3.66. The summed E-state index contributed by atoms with van der Waals surface area (Å²) in [6.07, 6.45) is -0.115. The minimum atomic E-state index is -4.41. The summed E-state index contributed by atoms with van der Waals surface area (Å²) in [5.41, 5.74) is -0.534. The molecule has 26 heavy (non-hydrogen) atoms. The topological polar surface area (TPSA) is 49.4 Å². The van der Waals surface area contributed by atoms with E-state index in [9.17, 15) is 22.8 Å². The third-order valence-corrected chi connectivity index (χ3v) is 4.69. The number of alkyl halides is 3. The number of carbonyl (C=O) groups excluding carboxylic acids is 2. The van der Waals surface area contributed by atoms with Gasteiger partial charge in [-0.15, -0.1) is 0 Å². The van der Waals surface area contributed by atoms with Gasteiger partial charge in [0.25, 0.3) is 5.91 Å². The summed E-state index contributed by atoms with van der Waals surface area (Å²) >= 11 is 0. The molecule has 1 fully saturated rings. The molecule has 1 saturated heterocycles. The van der Waals surface area contributed by atoms with Crippen LogP contribution < -0.4 is 5.32 Å². The first-order chi connectivity index (χ1) is 12.3. The normalized spacial score (nSPS) is 15.8. The number of amides is 2. The van der Waals surface area contributed by atoms with E-state index in [2.05, 4.69) is 12.2 Å². The number of halogens is 3. The molecule has 0 bridgehead atoms. The third kappa shape index (κ3) is 5.47. The number of rotatable bonds is 6. The molecule has 0 atom stereocenters. The fourth-order valence-corrected chi connectivity index (χ4v) is 3.06. The van der Waals surface area contributed by atoms with Gasteiger partial charge in [0.15, 0.2) is 0 Å². The first-order valence-electron chi connectivity index (χ1n) is 9.07. The molecular formula is C19H25F3N2O2. The Hall–Kier alpha value is -2.05. The zero-order valence-electron chi connectivity index (χ0n) is 14.9. The fourth-order valence-electron chi connectivity index (χ4n) is 3.06. The summed E-state index contributed by atoms with van der Waals surface area (Å²) in [4.78, 5) is 26.1. The highest BCUT2D eigenvalue weighted by Crippen LogP contribution is 2.29. The second-order valence-corrected chi connectivity index (χ2v) is 6.64. The van der Waals surface area contributed by atoms with Gasteiger partial charge in [-0.2, -0.15) is 13.2 Å². The van der Waals surface area contributed by atoms with Gasteiger partial charge in [0.05, 0.1) is 5.56 Å². The van der Waals surface area contributed by atoms with Gasteiger partial charge in [0, 0.05) is 31.1 Å². The Morgan fingerprint density at radius 1 is 1.12 bits per heavy atom. The van der Waals surface area contributed by atoms with Gasteiger partial charge >= 0.3 is 6.18 Å². The molecule has 1 aliphatic heterocycles. The fraction of sp³-hybridized carbons (Fsp3) is 0.579.